The van der Waals surface area contributed by atoms with Crippen molar-refractivity contribution in [3.05, 3.63) is 11.9 Å². The molecule has 0 saturated heterocycles. The summed E-state index contributed by atoms with van der Waals surface area (Å²) in [7, 11) is 0. The largest absolute Gasteiger partial charge is 0.368 e. The van der Waals surface area contributed by atoms with Crippen LogP contribution in [0.5, 0.6) is 0 Å². The van der Waals surface area contributed by atoms with Crippen LogP contribution in [0.1, 0.15) is 12.6 Å². The van der Waals surface area contributed by atoms with Gasteiger partial charge in [-0.1, -0.05) is 12.1 Å². The van der Waals surface area contributed by atoms with Gasteiger partial charge in [-0.25, -0.2) is 4.68 Å². The van der Waals surface area contributed by atoms with E-state index in [4.69, 9.17) is 5.73 Å². The molecule has 0 bridgehead atoms. The molecule has 1 aromatic rings. The molecule has 13 heavy (non-hydrogen) atoms. The van der Waals surface area contributed by atoms with Gasteiger partial charge in [0.15, 0.2) is 0 Å². The summed E-state index contributed by atoms with van der Waals surface area (Å²) < 4.78 is 1.43. The van der Waals surface area contributed by atoms with Gasteiger partial charge in [0, 0.05) is 6.54 Å². The molecule has 1 rings (SSSR count). The number of carbonyl (C=O) groups is 1. The third-order valence-corrected chi connectivity index (χ3v) is 1.46. The second-order valence-corrected chi connectivity index (χ2v) is 2.65. The lowest BCUT2D eigenvalue weighted by Gasteiger charge is -1.94. The van der Waals surface area contributed by atoms with E-state index in [0.717, 1.165) is 12.2 Å². The van der Waals surface area contributed by atoms with E-state index in [1.54, 1.807) is 6.20 Å². The maximum absolute atomic E-state index is 10.5. The molecule has 0 spiro atoms. The van der Waals surface area contributed by atoms with Crippen molar-refractivity contribution in [2.45, 2.75) is 20.0 Å². The Morgan fingerprint density at radius 3 is 3.15 bits per heavy atom. The van der Waals surface area contributed by atoms with E-state index in [9.17, 15) is 4.79 Å². The molecule has 1 amide bonds. The number of aromatic nitrogens is 3. The van der Waals surface area contributed by atoms with Crippen molar-refractivity contribution in [3.63, 3.8) is 0 Å². The van der Waals surface area contributed by atoms with E-state index < -0.39 is 5.91 Å². The fourth-order valence-corrected chi connectivity index (χ4v) is 0.910. The van der Waals surface area contributed by atoms with Crippen molar-refractivity contribution >= 4 is 5.91 Å². The summed E-state index contributed by atoms with van der Waals surface area (Å²) in [5.74, 6) is -0.417. The summed E-state index contributed by atoms with van der Waals surface area (Å²) >= 11 is 0. The Morgan fingerprint density at radius 2 is 2.54 bits per heavy atom. The fourth-order valence-electron chi connectivity index (χ4n) is 0.910. The normalized spacial score (nSPS) is 10.2. The number of rotatable bonds is 5. The fraction of sp³-hybridized carbons (Fsp3) is 0.571. The number of hydrogen-bond donors (Lipinski definition) is 2. The molecule has 0 radical (unpaired) electrons. The van der Waals surface area contributed by atoms with E-state index in [1.165, 1.54) is 4.68 Å². The first-order valence-corrected chi connectivity index (χ1v) is 4.10. The average Bonchev–Trinajstić information content (AvgIpc) is 2.48. The van der Waals surface area contributed by atoms with Crippen LogP contribution in [0.2, 0.25) is 0 Å². The van der Waals surface area contributed by atoms with Crippen molar-refractivity contribution in [1.82, 2.24) is 20.3 Å². The van der Waals surface area contributed by atoms with Crippen molar-refractivity contribution < 1.29 is 4.79 Å². The van der Waals surface area contributed by atoms with Crippen LogP contribution in [0.3, 0.4) is 0 Å². The van der Waals surface area contributed by atoms with Crippen molar-refractivity contribution in [2.24, 2.45) is 5.73 Å². The number of nitrogens with one attached hydrogen (secondary N) is 1. The van der Waals surface area contributed by atoms with Crippen molar-refractivity contribution in [2.75, 3.05) is 6.54 Å². The Balaban J connectivity index is 2.48. The summed E-state index contributed by atoms with van der Waals surface area (Å²) in [5.41, 5.74) is 5.80. The predicted octanol–water partition coefficient (Wildman–Crippen LogP) is -1.13. The number of carbonyl (C=O) groups excluding carboxylic acids is 1. The smallest absolute Gasteiger partial charge is 0.239 e. The highest BCUT2D eigenvalue weighted by Crippen LogP contribution is 1.91. The SMILES string of the molecule is CCNCc1cn(CC(N)=O)nn1. The zero-order valence-electron chi connectivity index (χ0n) is 7.53. The molecule has 72 valence electrons. The molecule has 0 aliphatic carbocycles. The van der Waals surface area contributed by atoms with Crippen LogP contribution in [0, 0.1) is 0 Å². The minimum Gasteiger partial charge on any atom is -0.368 e. The number of hydrogen-bond acceptors (Lipinski definition) is 4. The first-order chi connectivity index (χ1) is 6.22. The Bertz CT molecular complexity index is 282. The number of nitrogens with two attached hydrogens (primary N) is 1. The maximum atomic E-state index is 10.5. The summed E-state index contributed by atoms with van der Waals surface area (Å²) in [4.78, 5) is 10.5. The summed E-state index contributed by atoms with van der Waals surface area (Å²) in [6.45, 7) is 3.63. The highest BCUT2D eigenvalue weighted by Gasteiger charge is 2.01. The van der Waals surface area contributed by atoms with Gasteiger partial charge in [0.25, 0.3) is 0 Å². The Labute approximate surface area is 76.1 Å². The van der Waals surface area contributed by atoms with E-state index in [0.29, 0.717) is 6.54 Å². The molecule has 6 heteroatoms. The Kier molecular flexibility index (Phi) is 3.39. The monoisotopic (exact) mass is 183 g/mol. The molecular weight excluding hydrogens is 170 g/mol. The minimum absolute atomic E-state index is 0.0825. The molecule has 0 aromatic carbocycles. The topological polar surface area (TPSA) is 85.8 Å². The highest BCUT2D eigenvalue weighted by molar-refractivity contribution is 5.73. The van der Waals surface area contributed by atoms with Gasteiger partial charge < -0.3 is 11.1 Å². The van der Waals surface area contributed by atoms with E-state index in [-0.39, 0.29) is 6.54 Å². The molecule has 1 aromatic heterocycles. The molecule has 1 heterocycles. The maximum Gasteiger partial charge on any atom is 0.239 e. The van der Waals surface area contributed by atoms with Gasteiger partial charge in [-0.3, -0.25) is 4.79 Å². The van der Waals surface area contributed by atoms with Gasteiger partial charge in [-0.2, -0.15) is 0 Å². The number of amides is 1. The highest BCUT2D eigenvalue weighted by atomic mass is 16.1. The van der Waals surface area contributed by atoms with E-state index in [1.807, 2.05) is 6.92 Å². The summed E-state index contributed by atoms with van der Waals surface area (Å²) in [6, 6.07) is 0. The van der Waals surface area contributed by atoms with E-state index in [2.05, 4.69) is 15.6 Å². The third-order valence-electron chi connectivity index (χ3n) is 1.46. The van der Waals surface area contributed by atoms with Crippen molar-refractivity contribution in [3.8, 4) is 0 Å². The molecule has 6 nitrogen and oxygen atoms in total. The Morgan fingerprint density at radius 1 is 1.77 bits per heavy atom. The predicted molar refractivity (Wildman–Crippen MR) is 46.6 cm³/mol. The zero-order chi connectivity index (χ0) is 9.68. The minimum atomic E-state index is -0.417. The van der Waals surface area contributed by atoms with Crippen LogP contribution < -0.4 is 11.1 Å². The van der Waals surface area contributed by atoms with Gasteiger partial charge in [-0.15, -0.1) is 5.10 Å². The first kappa shape index (κ1) is 9.66. The van der Waals surface area contributed by atoms with E-state index >= 15 is 0 Å². The second-order valence-electron chi connectivity index (χ2n) is 2.65. The standard InChI is InChI=1S/C7H13N5O/c1-2-9-3-6-4-12(11-10-6)5-7(8)13/h4,9H,2-3,5H2,1H3,(H2,8,13). The molecule has 3 N–H and O–H groups in total. The van der Waals surface area contributed by atoms with Gasteiger partial charge in [0.2, 0.25) is 5.91 Å². The zero-order valence-corrected chi connectivity index (χ0v) is 7.53. The van der Waals surface area contributed by atoms with Crippen molar-refractivity contribution in [1.29, 1.82) is 0 Å². The summed E-state index contributed by atoms with van der Waals surface area (Å²) in [5, 5.41) is 10.7. The van der Waals surface area contributed by atoms with Crippen LogP contribution in [0.15, 0.2) is 6.20 Å². The lowest BCUT2D eigenvalue weighted by Crippen LogP contribution is -2.19. The lowest BCUT2D eigenvalue weighted by molar-refractivity contribution is -0.118. The molecule has 0 atom stereocenters. The molecule has 0 unspecified atom stereocenters. The van der Waals surface area contributed by atoms with Crippen LogP contribution in [0.25, 0.3) is 0 Å². The molecule has 0 saturated carbocycles. The van der Waals surface area contributed by atoms with Gasteiger partial charge >= 0.3 is 0 Å². The quantitative estimate of drug-likeness (QED) is 0.605. The van der Waals surface area contributed by atoms with Gasteiger partial charge in [0.1, 0.15) is 6.54 Å². The second kappa shape index (κ2) is 4.56. The van der Waals surface area contributed by atoms with Gasteiger partial charge in [0.05, 0.1) is 11.9 Å². The molecule has 0 aliphatic heterocycles. The lowest BCUT2D eigenvalue weighted by atomic mass is 10.4. The van der Waals surface area contributed by atoms with Crippen LogP contribution in [-0.2, 0) is 17.9 Å². The van der Waals surface area contributed by atoms with Crippen LogP contribution in [-0.4, -0.2) is 27.4 Å². The summed E-state index contributed by atoms with van der Waals surface area (Å²) in [6.07, 6.45) is 1.70. The van der Waals surface area contributed by atoms with Crippen LogP contribution in [0.4, 0.5) is 0 Å². The Hall–Kier alpha value is -1.43. The molecule has 0 fully saturated rings. The molecule has 0 aliphatic rings. The average molecular weight is 183 g/mol. The first-order valence-electron chi connectivity index (χ1n) is 4.10. The third kappa shape index (κ3) is 3.20. The van der Waals surface area contributed by atoms with Crippen LogP contribution >= 0.6 is 0 Å². The number of nitrogens with zero attached hydrogens (tertiary/aromatic N) is 3. The number of primary amides is 1. The van der Waals surface area contributed by atoms with Gasteiger partial charge in [-0.05, 0) is 6.54 Å². The molecular formula is C7H13N5O.